The normalized spacial score (nSPS) is 9.96. The molecule has 0 aliphatic rings. The van der Waals surface area contributed by atoms with Crippen molar-refractivity contribution < 1.29 is 9.66 Å². The van der Waals surface area contributed by atoms with Crippen molar-refractivity contribution in [2.45, 2.75) is 0 Å². The van der Waals surface area contributed by atoms with Gasteiger partial charge >= 0.3 is 0 Å². The average molecular weight is 332 g/mol. The highest BCUT2D eigenvalue weighted by atomic mass is 35.5. The standard InChI is InChI=1S/C16H14ClN3O3/c1-19(8-9-23-16-5-3-2-4-14(16)17)15-7-6-13(20(21)22)10-12(15)11-18/h2-7,10H,8-9H2,1H3. The van der Waals surface area contributed by atoms with Crippen molar-refractivity contribution in [3.63, 3.8) is 0 Å². The molecule has 0 saturated heterocycles. The molecule has 2 rings (SSSR count). The van der Waals surface area contributed by atoms with Crippen LogP contribution in [0.1, 0.15) is 5.56 Å². The molecule has 0 radical (unpaired) electrons. The van der Waals surface area contributed by atoms with Gasteiger partial charge in [-0.3, -0.25) is 10.1 Å². The minimum atomic E-state index is -0.523. The topological polar surface area (TPSA) is 79.4 Å². The van der Waals surface area contributed by atoms with Gasteiger partial charge in [0.2, 0.25) is 0 Å². The highest BCUT2D eigenvalue weighted by Crippen LogP contribution is 2.25. The van der Waals surface area contributed by atoms with E-state index in [1.807, 2.05) is 18.2 Å². The van der Waals surface area contributed by atoms with Gasteiger partial charge in [0.05, 0.1) is 27.7 Å². The summed E-state index contributed by atoms with van der Waals surface area (Å²) in [5.74, 6) is 0.590. The minimum absolute atomic E-state index is 0.106. The van der Waals surface area contributed by atoms with Gasteiger partial charge in [0.15, 0.2) is 0 Å². The Bertz CT molecular complexity index is 758. The molecule has 6 nitrogen and oxygen atoms in total. The fourth-order valence-corrected chi connectivity index (χ4v) is 2.23. The van der Waals surface area contributed by atoms with Crippen LogP contribution in [0.5, 0.6) is 5.75 Å². The lowest BCUT2D eigenvalue weighted by Crippen LogP contribution is -2.24. The molecule has 0 fully saturated rings. The summed E-state index contributed by atoms with van der Waals surface area (Å²) in [4.78, 5) is 12.0. The number of rotatable bonds is 6. The molecule has 0 spiro atoms. The van der Waals surface area contributed by atoms with Crippen LogP contribution in [0.25, 0.3) is 0 Å². The quantitative estimate of drug-likeness (QED) is 0.596. The number of non-ortho nitro benzene ring substituents is 1. The van der Waals surface area contributed by atoms with E-state index in [1.54, 1.807) is 30.1 Å². The van der Waals surface area contributed by atoms with Crippen molar-refractivity contribution in [3.8, 4) is 11.8 Å². The summed E-state index contributed by atoms with van der Waals surface area (Å²) in [7, 11) is 1.79. The second-order valence-electron chi connectivity index (χ2n) is 4.77. The highest BCUT2D eigenvalue weighted by Gasteiger charge is 2.13. The fraction of sp³-hybridized carbons (Fsp3) is 0.188. The Morgan fingerprint density at radius 3 is 2.74 bits per heavy atom. The van der Waals surface area contributed by atoms with Gasteiger partial charge < -0.3 is 9.64 Å². The van der Waals surface area contributed by atoms with E-state index >= 15 is 0 Å². The van der Waals surface area contributed by atoms with Gasteiger partial charge in [0, 0.05) is 19.2 Å². The molecule has 0 aliphatic heterocycles. The number of halogens is 1. The maximum Gasteiger partial charge on any atom is 0.270 e. The average Bonchev–Trinajstić information content (AvgIpc) is 2.55. The molecule has 23 heavy (non-hydrogen) atoms. The Hall–Kier alpha value is -2.78. The van der Waals surface area contributed by atoms with Crippen LogP contribution < -0.4 is 9.64 Å². The predicted octanol–water partition coefficient (Wildman–Crippen LogP) is 3.64. The Morgan fingerprint density at radius 2 is 2.09 bits per heavy atom. The van der Waals surface area contributed by atoms with Crippen molar-refractivity contribution in [3.05, 3.63) is 63.2 Å². The zero-order valence-electron chi connectivity index (χ0n) is 12.4. The van der Waals surface area contributed by atoms with Crippen LogP contribution in [0.2, 0.25) is 5.02 Å². The molecule has 2 aromatic rings. The van der Waals surface area contributed by atoms with Gasteiger partial charge in [-0.2, -0.15) is 5.26 Å². The molecule has 0 unspecified atom stereocenters. The van der Waals surface area contributed by atoms with Gasteiger partial charge in [0.1, 0.15) is 18.4 Å². The van der Waals surface area contributed by atoms with Crippen molar-refractivity contribution >= 4 is 23.0 Å². The SMILES string of the molecule is CN(CCOc1ccccc1Cl)c1ccc([N+](=O)[O-])cc1C#N. The number of nitriles is 1. The first-order valence-corrected chi connectivity index (χ1v) is 7.17. The monoisotopic (exact) mass is 331 g/mol. The third-order valence-corrected chi connectivity index (χ3v) is 3.56. The molecular formula is C16H14ClN3O3. The largest absolute Gasteiger partial charge is 0.490 e. The first kappa shape index (κ1) is 16.6. The molecule has 0 aromatic heterocycles. The number of hydrogen-bond acceptors (Lipinski definition) is 5. The maximum atomic E-state index is 10.8. The van der Waals surface area contributed by atoms with E-state index in [0.29, 0.717) is 29.6 Å². The Labute approximate surface area is 138 Å². The lowest BCUT2D eigenvalue weighted by molar-refractivity contribution is -0.384. The van der Waals surface area contributed by atoms with Gasteiger partial charge in [-0.15, -0.1) is 0 Å². The van der Waals surface area contributed by atoms with Crippen molar-refractivity contribution in [1.82, 2.24) is 0 Å². The molecule has 0 heterocycles. The van der Waals surface area contributed by atoms with Crippen LogP contribution in [0, 0.1) is 21.4 Å². The van der Waals surface area contributed by atoms with Gasteiger partial charge in [-0.25, -0.2) is 0 Å². The molecule has 0 bridgehead atoms. The predicted molar refractivity (Wildman–Crippen MR) is 88.0 cm³/mol. The first-order chi connectivity index (χ1) is 11.0. The van der Waals surface area contributed by atoms with Crippen LogP contribution in [0.15, 0.2) is 42.5 Å². The number of anilines is 1. The number of nitro groups is 1. The van der Waals surface area contributed by atoms with Gasteiger partial charge in [-0.1, -0.05) is 23.7 Å². The van der Waals surface area contributed by atoms with E-state index in [0.717, 1.165) is 0 Å². The van der Waals surface area contributed by atoms with Crippen molar-refractivity contribution in [1.29, 1.82) is 5.26 Å². The summed E-state index contributed by atoms with van der Waals surface area (Å²) < 4.78 is 5.60. The Kier molecular flexibility index (Phi) is 5.39. The number of hydrogen-bond donors (Lipinski definition) is 0. The second kappa shape index (κ2) is 7.47. The smallest absolute Gasteiger partial charge is 0.270 e. The van der Waals surface area contributed by atoms with Crippen LogP contribution in [0.4, 0.5) is 11.4 Å². The number of nitrogens with zero attached hydrogens (tertiary/aromatic N) is 3. The Morgan fingerprint density at radius 1 is 1.35 bits per heavy atom. The summed E-state index contributed by atoms with van der Waals surface area (Å²) in [5.41, 5.74) is 0.756. The molecule has 118 valence electrons. The molecule has 0 atom stereocenters. The summed E-state index contributed by atoms with van der Waals surface area (Å²) >= 11 is 6.01. The minimum Gasteiger partial charge on any atom is -0.490 e. The molecule has 0 saturated carbocycles. The lowest BCUT2D eigenvalue weighted by Gasteiger charge is -2.20. The van der Waals surface area contributed by atoms with E-state index in [-0.39, 0.29) is 11.3 Å². The van der Waals surface area contributed by atoms with Crippen LogP contribution in [-0.2, 0) is 0 Å². The summed E-state index contributed by atoms with van der Waals surface area (Å²) in [6, 6.07) is 13.3. The third-order valence-electron chi connectivity index (χ3n) is 3.24. The van der Waals surface area contributed by atoms with Crippen molar-refractivity contribution in [2.24, 2.45) is 0 Å². The molecule has 7 heteroatoms. The first-order valence-electron chi connectivity index (χ1n) is 6.80. The molecule has 0 N–H and O–H groups in total. The zero-order chi connectivity index (χ0) is 16.8. The van der Waals surface area contributed by atoms with Crippen LogP contribution in [0.3, 0.4) is 0 Å². The third kappa shape index (κ3) is 4.11. The van der Waals surface area contributed by atoms with Gasteiger partial charge in [0.25, 0.3) is 5.69 Å². The zero-order valence-corrected chi connectivity index (χ0v) is 13.2. The molecule has 2 aromatic carbocycles. The molecule has 0 amide bonds. The summed E-state index contributed by atoms with van der Waals surface area (Å²) in [6.07, 6.45) is 0. The molecular weight excluding hydrogens is 318 g/mol. The van der Waals surface area contributed by atoms with E-state index in [2.05, 4.69) is 0 Å². The van der Waals surface area contributed by atoms with E-state index in [4.69, 9.17) is 21.6 Å². The number of nitro benzene ring substituents is 1. The maximum absolute atomic E-state index is 10.8. The van der Waals surface area contributed by atoms with E-state index < -0.39 is 4.92 Å². The second-order valence-corrected chi connectivity index (χ2v) is 5.18. The summed E-state index contributed by atoms with van der Waals surface area (Å²) in [6.45, 7) is 0.861. The van der Waals surface area contributed by atoms with E-state index in [1.165, 1.54) is 12.1 Å². The van der Waals surface area contributed by atoms with Crippen LogP contribution in [-0.4, -0.2) is 25.1 Å². The number of likely N-dealkylation sites (N-methyl/N-ethyl adjacent to an activating group) is 1. The van der Waals surface area contributed by atoms with Crippen LogP contribution >= 0.6 is 11.6 Å². The molecule has 0 aliphatic carbocycles. The van der Waals surface area contributed by atoms with E-state index in [9.17, 15) is 10.1 Å². The number of ether oxygens (including phenoxy) is 1. The van der Waals surface area contributed by atoms with Crippen molar-refractivity contribution in [2.75, 3.05) is 25.1 Å². The highest BCUT2D eigenvalue weighted by molar-refractivity contribution is 6.32. The number of para-hydroxylation sites is 1. The lowest BCUT2D eigenvalue weighted by atomic mass is 10.1. The fourth-order valence-electron chi connectivity index (χ4n) is 2.03. The number of benzene rings is 2. The summed E-state index contributed by atoms with van der Waals surface area (Å²) in [5, 5.41) is 20.5. The van der Waals surface area contributed by atoms with Gasteiger partial charge in [-0.05, 0) is 18.2 Å². The Balaban J connectivity index is 2.03.